The van der Waals surface area contributed by atoms with Gasteiger partial charge in [0, 0.05) is 0 Å². The first kappa shape index (κ1) is 9.41. The van der Waals surface area contributed by atoms with Crippen molar-refractivity contribution < 1.29 is 29.0 Å². The van der Waals surface area contributed by atoms with Crippen LogP contribution < -0.4 is 0 Å². The molecule has 0 aromatic heterocycles. The zero-order chi connectivity index (χ0) is 8.85. The highest BCUT2D eigenvalue weighted by Crippen LogP contribution is 1.85. The van der Waals surface area contributed by atoms with E-state index in [4.69, 9.17) is 5.11 Å². The Bertz CT molecular complexity index is 183. The second kappa shape index (κ2) is 4.26. The van der Waals surface area contributed by atoms with E-state index in [1.165, 1.54) is 6.92 Å². The van der Waals surface area contributed by atoms with Crippen molar-refractivity contribution in [1.82, 2.24) is 0 Å². The number of hydrogen-bond acceptors (Lipinski definition) is 5. The first-order chi connectivity index (χ1) is 5.02. The number of carbonyl (C=O) groups is 3. The fraction of sp³-hybridized carbons (Fsp3) is 0.400. The van der Waals surface area contributed by atoms with Crippen LogP contribution in [0.2, 0.25) is 0 Å². The van der Waals surface area contributed by atoms with E-state index in [-0.39, 0.29) is 0 Å². The summed E-state index contributed by atoms with van der Waals surface area (Å²) in [5.74, 6) is -0.396. The monoisotopic (exact) mass is 162 g/mol. The molecule has 0 saturated heterocycles. The van der Waals surface area contributed by atoms with Crippen LogP contribution in [0.3, 0.4) is 0 Å². The maximum Gasteiger partial charge on any atom is 0.519 e. The first-order valence-corrected chi connectivity index (χ1v) is 2.59. The molecule has 0 atom stereocenters. The third kappa shape index (κ3) is 6.29. The van der Waals surface area contributed by atoms with Gasteiger partial charge in [0.05, 0.1) is 0 Å². The maximum atomic E-state index is 10.2. The number of Topliss-reactive ketones (excluding diaryl/α,β-unsaturated/α-hetero) is 1. The Morgan fingerprint density at radius 1 is 1.36 bits per heavy atom. The van der Waals surface area contributed by atoms with Gasteiger partial charge in [-0.2, -0.15) is 0 Å². The maximum absolute atomic E-state index is 10.2. The highest BCUT2D eigenvalue weighted by atomic mass is 16.8. The molecule has 62 valence electrons. The third-order valence-corrected chi connectivity index (χ3v) is 0.564. The van der Waals surface area contributed by atoms with Crippen LogP contribution in [0.1, 0.15) is 6.92 Å². The molecule has 0 fully saturated rings. The van der Waals surface area contributed by atoms with Crippen molar-refractivity contribution in [3.05, 3.63) is 0 Å². The van der Waals surface area contributed by atoms with Gasteiger partial charge in [-0.25, -0.2) is 9.59 Å². The molecule has 0 aliphatic heterocycles. The Morgan fingerprint density at radius 2 is 1.91 bits per heavy atom. The van der Waals surface area contributed by atoms with Gasteiger partial charge in [0.2, 0.25) is 0 Å². The predicted molar refractivity (Wildman–Crippen MR) is 31.1 cm³/mol. The number of carboxylic acid groups (broad SMARTS) is 1. The smallest absolute Gasteiger partial charge is 0.449 e. The number of ether oxygens (including phenoxy) is 2. The van der Waals surface area contributed by atoms with Crippen molar-refractivity contribution in [2.45, 2.75) is 6.92 Å². The van der Waals surface area contributed by atoms with E-state index in [0.717, 1.165) is 0 Å². The quantitative estimate of drug-likeness (QED) is 0.467. The van der Waals surface area contributed by atoms with Crippen molar-refractivity contribution in [3.63, 3.8) is 0 Å². The minimum Gasteiger partial charge on any atom is -0.449 e. The Hall–Kier alpha value is -1.59. The van der Waals surface area contributed by atoms with Crippen LogP contribution in [-0.4, -0.2) is 29.8 Å². The van der Waals surface area contributed by atoms with Crippen molar-refractivity contribution in [1.29, 1.82) is 0 Å². The zero-order valence-corrected chi connectivity index (χ0v) is 5.70. The molecular formula is C5H6O6. The van der Waals surface area contributed by atoms with Crippen molar-refractivity contribution in [3.8, 4) is 0 Å². The van der Waals surface area contributed by atoms with E-state index < -0.39 is 24.7 Å². The molecule has 0 radical (unpaired) electrons. The van der Waals surface area contributed by atoms with E-state index in [0.29, 0.717) is 0 Å². The summed E-state index contributed by atoms with van der Waals surface area (Å²) in [6.07, 6.45) is -3.16. The van der Waals surface area contributed by atoms with Gasteiger partial charge in [0.25, 0.3) is 0 Å². The number of ketones is 1. The summed E-state index contributed by atoms with van der Waals surface area (Å²) in [7, 11) is 0. The van der Waals surface area contributed by atoms with Crippen molar-refractivity contribution >= 4 is 18.1 Å². The average molecular weight is 162 g/mol. The molecule has 0 saturated carbocycles. The summed E-state index contributed by atoms with van der Waals surface area (Å²) >= 11 is 0. The molecule has 0 heterocycles. The third-order valence-electron chi connectivity index (χ3n) is 0.564. The van der Waals surface area contributed by atoms with Crippen LogP contribution >= 0.6 is 0 Å². The molecule has 6 heteroatoms. The van der Waals surface area contributed by atoms with Gasteiger partial charge < -0.3 is 14.6 Å². The lowest BCUT2D eigenvalue weighted by Gasteiger charge is -1.97. The Morgan fingerprint density at radius 3 is 2.27 bits per heavy atom. The molecule has 0 aliphatic carbocycles. The SMILES string of the molecule is CC(=O)COC(=O)OC(=O)O. The molecule has 0 aromatic rings. The fourth-order valence-electron chi connectivity index (χ4n) is 0.261. The van der Waals surface area contributed by atoms with Crippen LogP contribution in [0.5, 0.6) is 0 Å². The molecule has 0 aliphatic rings. The number of hydrogen-bond donors (Lipinski definition) is 1. The van der Waals surface area contributed by atoms with Gasteiger partial charge >= 0.3 is 12.3 Å². The minimum absolute atomic E-state index is 0.396. The summed E-state index contributed by atoms with van der Waals surface area (Å²) < 4.78 is 7.53. The zero-order valence-electron chi connectivity index (χ0n) is 5.70. The lowest BCUT2D eigenvalue weighted by atomic mass is 10.5. The van der Waals surface area contributed by atoms with E-state index in [1.54, 1.807) is 0 Å². The summed E-state index contributed by atoms with van der Waals surface area (Å²) in [6.45, 7) is 0.708. The highest BCUT2D eigenvalue weighted by molar-refractivity contribution is 5.81. The summed E-state index contributed by atoms with van der Waals surface area (Å²) in [5.41, 5.74) is 0. The summed E-state index contributed by atoms with van der Waals surface area (Å²) in [5, 5.41) is 7.84. The Balaban J connectivity index is 3.53. The van der Waals surface area contributed by atoms with Gasteiger partial charge in [-0.15, -0.1) is 0 Å². The standard InChI is InChI=1S/C5H6O6/c1-3(6)2-10-5(9)11-4(7)8/h2H2,1H3,(H,7,8). The average Bonchev–Trinajstić information content (AvgIpc) is 1.82. The lowest BCUT2D eigenvalue weighted by molar-refractivity contribution is -0.120. The lowest BCUT2D eigenvalue weighted by Crippen LogP contribution is -2.15. The molecule has 0 aromatic carbocycles. The van der Waals surface area contributed by atoms with Crippen LogP contribution in [0.4, 0.5) is 9.59 Å². The highest BCUT2D eigenvalue weighted by Gasteiger charge is 2.09. The van der Waals surface area contributed by atoms with Crippen LogP contribution in [0.15, 0.2) is 0 Å². The number of carbonyl (C=O) groups excluding carboxylic acids is 2. The van der Waals surface area contributed by atoms with Gasteiger partial charge in [-0.1, -0.05) is 0 Å². The van der Waals surface area contributed by atoms with Gasteiger partial charge in [0.1, 0.15) is 0 Å². The molecule has 0 unspecified atom stereocenters. The Kier molecular flexibility index (Phi) is 3.65. The second-order valence-electron chi connectivity index (χ2n) is 1.61. The number of rotatable bonds is 2. The molecule has 0 spiro atoms. The van der Waals surface area contributed by atoms with Gasteiger partial charge in [0.15, 0.2) is 12.4 Å². The molecule has 1 N–H and O–H groups in total. The molecule has 0 amide bonds. The van der Waals surface area contributed by atoms with Gasteiger partial charge in [-0.05, 0) is 6.92 Å². The Labute approximate surface area is 61.7 Å². The van der Waals surface area contributed by atoms with Crippen molar-refractivity contribution in [2.24, 2.45) is 0 Å². The normalized spacial score (nSPS) is 8.45. The molecular weight excluding hydrogens is 156 g/mol. The van der Waals surface area contributed by atoms with E-state index in [1.807, 2.05) is 0 Å². The topological polar surface area (TPSA) is 89.9 Å². The first-order valence-electron chi connectivity index (χ1n) is 2.59. The van der Waals surface area contributed by atoms with Crippen molar-refractivity contribution in [2.75, 3.05) is 6.61 Å². The van der Waals surface area contributed by atoms with E-state index >= 15 is 0 Å². The van der Waals surface area contributed by atoms with Crippen LogP contribution in [0.25, 0.3) is 0 Å². The fourth-order valence-corrected chi connectivity index (χ4v) is 0.261. The summed E-state index contributed by atoms with van der Waals surface area (Å²) in [6, 6.07) is 0. The second-order valence-corrected chi connectivity index (χ2v) is 1.61. The predicted octanol–water partition coefficient (Wildman–Crippen LogP) is 0.407. The van der Waals surface area contributed by atoms with Crippen LogP contribution in [0, 0.1) is 0 Å². The summed E-state index contributed by atoms with van der Waals surface area (Å²) in [4.78, 5) is 30.0. The molecule has 0 rings (SSSR count). The molecule has 0 bridgehead atoms. The molecule has 6 nitrogen and oxygen atoms in total. The minimum atomic E-state index is -1.77. The van der Waals surface area contributed by atoms with E-state index in [2.05, 4.69) is 9.47 Å². The van der Waals surface area contributed by atoms with Gasteiger partial charge in [-0.3, -0.25) is 4.79 Å². The van der Waals surface area contributed by atoms with E-state index in [9.17, 15) is 14.4 Å². The molecule has 11 heavy (non-hydrogen) atoms. The van der Waals surface area contributed by atoms with Crippen LogP contribution in [-0.2, 0) is 14.3 Å². The largest absolute Gasteiger partial charge is 0.519 e.